The molecule has 0 bridgehead atoms. The molecule has 1 aromatic heterocycles. The summed E-state index contributed by atoms with van der Waals surface area (Å²) in [4.78, 5) is 11.9. The first kappa shape index (κ1) is 13.5. The third-order valence-corrected chi connectivity index (χ3v) is 2.85. The monoisotopic (exact) mass is 281 g/mol. The molecule has 4 nitrogen and oxygen atoms in total. The van der Waals surface area contributed by atoms with Gasteiger partial charge in [0.15, 0.2) is 5.69 Å². The Morgan fingerprint density at radius 2 is 2.26 bits per heavy atom. The first-order valence-corrected chi connectivity index (χ1v) is 6.28. The van der Waals surface area contributed by atoms with Crippen LogP contribution in [0.15, 0.2) is 24.3 Å². The Kier molecular flexibility index (Phi) is 4.16. The number of aromatic amines is 1. The third kappa shape index (κ3) is 3.32. The van der Waals surface area contributed by atoms with E-state index in [2.05, 4.69) is 15.5 Å². The van der Waals surface area contributed by atoms with Crippen molar-refractivity contribution in [1.29, 1.82) is 0 Å². The largest absolute Gasteiger partial charge is 0.321 e. The summed E-state index contributed by atoms with van der Waals surface area (Å²) in [6.45, 7) is 2.04. The second kappa shape index (κ2) is 5.84. The molecule has 6 heteroatoms. The van der Waals surface area contributed by atoms with Gasteiger partial charge in [-0.2, -0.15) is 5.10 Å². The van der Waals surface area contributed by atoms with E-state index >= 15 is 0 Å². The number of halogens is 2. The van der Waals surface area contributed by atoms with E-state index in [0.29, 0.717) is 11.4 Å². The second-order valence-corrected chi connectivity index (χ2v) is 4.52. The number of aryl methyl sites for hydroxylation is 1. The van der Waals surface area contributed by atoms with E-state index in [1.165, 1.54) is 18.2 Å². The quantitative estimate of drug-likeness (QED) is 0.902. The van der Waals surface area contributed by atoms with Crippen LogP contribution in [-0.2, 0) is 6.42 Å². The third-order valence-electron chi connectivity index (χ3n) is 2.56. The Bertz CT molecular complexity index is 597. The van der Waals surface area contributed by atoms with Crippen LogP contribution >= 0.6 is 11.6 Å². The molecule has 0 saturated heterocycles. The smallest absolute Gasteiger partial charge is 0.276 e. The summed E-state index contributed by atoms with van der Waals surface area (Å²) in [6.07, 6.45) is 1.81. The van der Waals surface area contributed by atoms with Crippen LogP contribution in [0.1, 0.15) is 29.5 Å². The van der Waals surface area contributed by atoms with Crippen LogP contribution in [0.3, 0.4) is 0 Å². The van der Waals surface area contributed by atoms with Crippen LogP contribution in [0.5, 0.6) is 0 Å². The van der Waals surface area contributed by atoms with Crippen molar-refractivity contribution in [2.45, 2.75) is 19.8 Å². The van der Waals surface area contributed by atoms with Crippen molar-refractivity contribution in [2.75, 3.05) is 5.32 Å². The van der Waals surface area contributed by atoms with Gasteiger partial charge in [-0.3, -0.25) is 9.89 Å². The maximum absolute atomic E-state index is 13.0. The molecule has 2 aromatic rings. The van der Waals surface area contributed by atoms with Crippen LogP contribution in [0.4, 0.5) is 10.1 Å². The van der Waals surface area contributed by atoms with Crippen LogP contribution in [0.2, 0.25) is 5.02 Å². The Balaban J connectivity index is 2.09. The van der Waals surface area contributed by atoms with E-state index in [1.54, 1.807) is 6.07 Å². The Hall–Kier alpha value is -1.88. The molecule has 1 amide bonds. The fourth-order valence-electron chi connectivity index (χ4n) is 1.64. The minimum Gasteiger partial charge on any atom is -0.321 e. The number of nitrogens with one attached hydrogen (secondary N) is 2. The van der Waals surface area contributed by atoms with Crippen LogP contribution in [0, 0.1) is 5.82 Å². The molecule has 0 saturated carbocycles. The summed E-state index contributed by atoms with van der Waals surface area (Å²) in [5.74, 6) is -0.883. The minimum absolute atomic E-state index is 0.0356. The van der Waals surface area contributed by atoms with Crippen molar-refractivity contribution in [3.63, 3.8) is 0 Å². The summed E-state index contributed by atoms with van der Waals surface area (Å²) in [5, 5.41) is 9.30. The minimum atomic E-state index is -0.523. The molecule has 2 rings (SSSR count). The molecule has 2 N–H and O–H groups in total. The Morgan fingerprint density at radius 3 is 2.95 bits per heavy atom. The lowest BCUT2D eigenvalue weighted by Gasteiger charge is -2.03. The highest BCUT2D eigenvalue weighted by atomic mass is 35.5. The van der Waals surface area contributed by atoms with Gasteiger partial charge >= 0.3 is 0 Å². The molecule has 0 aliphatic rings. The van der Waals surface area contributed by atoms with E-state index in [4.69, 9.17) is 11.6 Å². The lowest BCUT2D eigenvalue weighted by Crippen LogP contribution is -2.12. The predicted octanol–water partition coefficient (Wildman–Crippen LogP) is 3.41. The lowest BCUT2D eigenvalue weighted by atomic mass is 10.2. The molecule has 100 valence electrons. The van der Waals surface area contributed by atoms with Gasteiger partial charge in [-0.1, -0.05) is 24.9 Å². The standard InChI is InChI=1S/C13H13ClFN3O/c1-2-3-9-7-12(18-17-9)13(19)16-8-4-5-11(15)10(14)6-8/h4-7H,2-3H2,1H3,(H,16,19)(H,17,18). The molecule has 19 heavy (non-hydrogen) atoms. The van der Waals surface area contributed by atoms with Crippen LogP contribution in [-0.4, -0.2) is 16.1 Å². The molecule has 1 aromatic carbocycles. The van der Waals surface area contributed by atoms with E-state index in [0.717, 1.165) is 18.5 Å². The van der Waals surface area contributed by atoms with Crippen LogP contribution < -0.4 is 5.32 Å². The van der Waals surface area contributed by atoms with Crippen molar-refractivity contribution >= 4 is 23.2 Å². The number of aromatic nitrogens is 2. The highest BCUT2D eigenvalue weighted by molar-refractivity contribution is 6.31. The van der Waals surface area contributed by atoms with Crippen molar-refractivity contribution in [3.05, 3.63) is 46.5 Å². The van der Waals surface area contributed by atoms with Gasteiger partial charge in [0.1, 0.15) is 5.82 Å². The van der Waals surface area contributed by atoms with Gasteiger partial charge in [0.05, 0.1) is 5.02 Å². The maximum Gasteiger partial charge on any atom is 0.276 e. The number of hydrogen-bond donors (Lipinski definition) is 2. The highest BCUT2D eigenvalue weighted by Crippen LogP contribution is 2.19. The Labute approximate surface area is 115 Å². The molecule has 0 aliphatic carbocycles. The summed E-state index contributed by atoms with van der Waals surface area (Å²) in [5.41, 5.74) is 1.63. The normalized spacial score (nSPS) is 10.5. The van der Waals surface area contributed by atoms with E-state index in [1.807, 2.05) is 6.92 Å². The number of nitrogens with zero attached hydrogens (tertiary/aromatic N) is 1. The van der Waals surface area contributed by atoms with Gasteiger partial charge in [-0.25, -0.2) is 4.39 Å². The first-order chi connectivity index (χ1) is 9.10. The number of carbonyl (C=O) groups is 1. The van der Waals surface area contributed by atoms with Crippen LogP contribution in [0.25, 0.3) is 0 Å². The Morgan fingerprint density at radius 1 is 1.47 bits per heavy atom. The molecule has 0 aliphatic heterocycles. The fourth-order valence-corrected chi connectivity index (χ4v) is 1.82. The summed E-state index contributed by atoms with van der Waals surface area (Å²) in [6, 6.07) is 5.70. The topological polar surface area (TPSA) is 57.8 Å². The zero-order valence-electron chi connectivity index (χ0n) is 10.3. The number of benzene rings is 1. The number of hydrogen-bond acceptors (Lipinski definition) is 2. The first-order valence-electron chi connectivity index (χ1n) is 5.91. The van der Waals surface area contributed by atoms with Crippen molar-refractivity contribution in [3.8, 4) is 0 Å². The van der Waals surface area contributed by atoms with Gasteiger partial charge in [-0.15, -0.1) is 0 Å². The zero-order chi connectivity index (χ0) is 13.8. The molecule has 0 atom stereocenters. The molecular weight excluding hydrogens is 269 g/mol. The predicted molar refractivity (Wildman–Crippen MR) is 71.9 cm³/mol. The maximum atomic E-state index is 13.0. The molecule has 0 spiro atoms. The van der Waals surface area contributed by atoms with Gasteiger partial charge in [-0.05, 0) is 30.7 Å². The lowest BCUT2D eigenvalue weighted by molar-refractivity contribution is 0.102. The number of carbonyl (C=O) groups excluding carboxylic acids is 1. The highest BCUT2D eigenvalue weighted by Gasteiger charge is 2.11. The van der Waals surface area contributed by atoms with Gasteiger partial charge < -0.3 is 5.32 Å². The molecule has 0 unspecified atom stereocenters. The van der Waals surface area contributed by atoms with Gasteiger partial charge in [0.25, 0.3) is 5.91 Å². The fraction of sp³-hybridized carbons (Fsp3) is 0.231. The zero-order valence-corrected chi connectivity index (χ0v) is 11.1. The van der Waals surface area contributed by atoms with Crippen molar-refractivity contribution in [1.82, 2.24) is 10.2 Å². The summed E-state index contributed by atoms with van der Waals surface area (Å²) in [7, 11) is 0. The number of H-pyrrole nitrogens is 1. The molecular formula is C13H13ClFN3O. The number of rotatable bonds is 4. The average Bonchev–Trinajstić information content (AvgIpc) is 2.83. The number of amides is 1. The number of anilines is 1. The van der Waals surface area contributed by atoms with Gasteiger partial charge in [0.2, 0.25) is 0 Å². The van der Waals surface area contributed by atoms with Gasteiger partial charge in [0, 0.05) is 11.4 Å². The molecule has 0 fully saturated rings. The molecule has 0 radical (unpaired) electrons. The average molecular weight is 282 g/mol. The van der Waals surface area contributed by atoms with E-state index in [-0.39, 0.29) is 10.9 Å². The molecule has 1 heterocycles. The second-order valence-electron chi connectivity index (χ2n) is 4.11. The van der Waals surface area contributed by atoms with Crippen molar-refractivity contribution in [2.24, 2.45) is 0 Å². The summed E-state index contributed by atoms with van der Waals surface area (Å²) >= 11 is 5.64. The SMILES string of the molecule is CCCc1cc(C(=O)Nc2ccc(F)c(Cl)c2)n[nH]1. The van der Waals surface area contributed by atoms with E-state index < -0.39 is 5.82 Å². The van der Waals surface area contributed by atoms with Crippen molar-refractivity contribution < 1.29 is 9.18 Å². The summed E-state index contributed by atoms with van der Waals surface area (Å²) < 4.78 is 13.0. The van der Waals surface area contributed by atoms with E-state index in [9.17, 15) is 9.18 Å².